The second kappa shape index (κ2) is 4.46. The van der Waals surface area contributed by atoms with Crippen LogP contribution in [0, 0.1) is 0 Å². The summed E-state index contributed by atoms with van der Waals surface area (Å²) in [6.45, 7) is 0. The van der Waals surface area contributed by atoms with E-state index in [0.29, 0.717) is 0 Å². The predicted molar refractivity (Wildman–Crippen MR) is 34.1 cm³/mol. The third-order valence-corrected chi connectivity index (χ3v) is 1.26. The minimum absolute atomic E-state index is 0. The Kier molecular flexibility index (Phi) is 4.79. The third kappa shape index (κ3) is 2.79. The third-order valence-electron chi connectivity index (χ3n) is 0.733. The van der Waals surface area contributed by atoms with E-state index >= 15 is 0 Å². The molecule has 0 heterocycles. The van der Waals surface area contributed by atoms with Crippen molar-refractivity contribution >= 4 is 15.9 Å². The number of rotatable bonds is 0. The molecule has 2 heteroatoms. The summed E-state index contributed by atoms with van der Waals surface area (Å²) in [6, 6.07) is 9.97. The first-order valence-corrected chi connectivity index (χ1v) is 2.89. The maximum Gasteiger partial charge on any atom is 0.0175 e. The van der Waals surface area contributed by atoms with E-state index in [1.807, 2.05) is 30.3 Å². The van der Waals surface area contributed by atoms with Crippen LogP contribution in [0.1, 0.15) is 0 Å². The fourth-order valence-electron chi connectivity index (χ4n) is 0.415. The monoisotopic (exact) mass is 246 g/mol. The molecule has 0 unspecified atom stereocenters. The van der Waals surface area contributed by atoms with Crippen molar-refractivity contribution in [1.82, 2.24) is 0 Å². The van der Waals surface area contributed by atoms with Gasteiger partial charge < -0.3 is 0 Å². The largest absolute Gasteiger partial charge is 0.0622 e. The van der Waals surface area contributed by atoms with E-state index in [4.69, 9.17) is 0 Å². The van der Waals surface area contributed by atoms with Gasteiger partial charge in [-0.05, 0) is 12.1 Å². The van der Waals surface area contributed by atoms with Gasteiger partial charge in [0.1, 0.15) is 0 Å². The van der Waals surface area contributed by atoms with Crippen LogP contribution >= 0.6 is 15.9 Å². The smallest absolute Gasteiger partial charge is 0.0175 e. The minimum Gasteiger partial charge on any atom is -0.0622 e. The summed E-state index contributed by atoms with van der Waals surface area (Å²) in [4.78, 5) is 0. The SMILES string of the molecule is Brc1ccccc1.[Zr]. The normalized spacial score (nSPS) is 7.62. The summed E-state index contributed by atoms with van der Waals surface area (Å²) in [7, 11) is 0. The minimum atomic E-state index is 0. The summed E-state index contributed by atoms with van der Waals surface area (Å²) in [5.74, 6) is 0. The number of hydrogen-bond donors (Lipinski definition) is 0. The van der Waals surface area contributed by atoms with E-state index in [0.717, 1.165) is 4.47 Å². The molecule has 0 amide bonds. The van der Waals surface area contributed by atoms with Crippen LogP contribution in [0.3, 0.4) is 0 Å². The standard InChI is InChI=1S/C6H5Br.Zr/c7-6-4-2-1-3-5-6;/h1-5H;. The molecule has 0 spiro atoms. The first-order valence-electron chi connectivity index (χ1n) is 2.10. The Hall–Kier alpha value is 0.583. The Balaban J connectivity index is 0.000000490. The van der Waals surface area contributed by atoms with E-state index in [1.54, 1.807) is 0 Å². The molecule has 0 bridgehead atoms. The second-order valence-electron chi connectivity index (χ2n) is 1.30. The molecule has 0 aromatic heterocycles. The van der Waals surface area contributed by atoms with Crippen LogP contribution in [0.4, 0.5) is 0 Å². The van der Waals surface area contributed by atoms with Crippen LogP contribution in [-0.4, -0.2) is 0 Å². The van der Waals surface area contributed by atoms with E-state index in [1.165, 1.54) is 0 Å². The van der Waals surface area contributed by atoms with Gasteiger partial charge in [-0.25, -0.2) is 0 Å². The van der Waals surface area contributed by atoms with Gasteiger partial charge in [0.25, 0.3) is 0 Å². The van der Waals surface area contributed by atoms with Crippen molar-refractivity contribution in [3.63, 3.8) is 0 Å². The number of benzene rings is 1. The quantitative estimate of drug-likeness (QED) is 0.661. The van der Waals surface area contributed by atoms with Crippen molar-refractivity contribution in [2.75, 3.05) is 0 Å². The van der Waals surface area contributed by atoms with Gasteiger partial charge in [-0.1, -0.05) is 34.1 Å². The van der Waals surface area contributed by atoms with Crippen LogP contribution in [-0.2, 0) is 26.2 Å². The van der Waals surface area contributed by atoms with Gasteiger partial charge in [0.05, 0.1) is 0 Å². The Morgan fingerprint density at radius 3 is 1.75 bits per heavy atom. The molecule has 1 rings (SSSR count). The fourth-order valence-corrected chi connectivity index (χ4v) is 0.720. The average molecular weight is 248 g/mol. The van der Waals surface area contributed by atoms with Gasteiger partial charge >= 0.3 is 0 Å². The van der Waals surface area contributed by atoms with Gasteiger partial charge in [0.15, 0.2) is 0 Å². The van der Waals surface area contributed by atoms with E-state index < -0.39 is 0 Å². The second-order valence-corrected chi connectivity index (χ2v) is 2.21. The average Bonchev–Trinajstić information content (AvgIpc) is 1.69. The molecule has 0 nitrogen and oxygen atoms in total. The van der Waals surface area contributed by atoms with Crippen molar-refractivity contribution in [1.29, 1.82) is 0 Å². The first-order chi connectivity index (χ1) is 3.39. The molecular weight excluding hydrogens is 243 g/mol. The molecule has 0 atom stereocenters. The van der Waals surface area contributed by atoms with E-state index in [9.17, 15) is 0 Å². The zero-order chi connectivity index (χ0) is 5.11. The molecule has 8 heavy (non-hydrogen) atoms. The maximum atomic E-state index is 3.31. The van der Waals surface area contributed by atoms with Crippen LogP contribution in [0.5, 0.6) is 0 Å². The Bertz CT molecular complexity index is 138. The summed E-state index contributed by atoms with van der Waals surface area (Å²) in [5.41, 5.74) is 0. The molecule has 0 aliphatic rings. The van der Waals surface area contributed by atoms with Gasteiger partial charge in [0.2, 0.25) is 0 Å². The summed E-state index contributed by atoms with van der Waals surface area (Å²) in [6.07, 6.45) is 0. The van der Waals surface area contributed by atoms with E-state index in [2.05, 4.69) is 15.9 Å². The van der Waals surface area contributed by atoms with Crippen LogP contribution < -0.4 is 0 Å². The van der Waals surface area contributed by atoms with Gasteiger partial charge in [-0.3, -0.25) is 0 Å². The molecule has 0 saturated heterocycles. The van der Waals surface area contributed by atoms with Gasteiger partial charge in [0, 0.05) is 30.7 Å². The molecule has 0 fully saturated rings. The summed E-state index contributed by atoms with van der Waals surface area (Å²) < 4.78 is 1.13. The molecule has 0 aliphatic heterocycles. The molecule has 0 saturated carbocycles. The topological polar surface area (TPSA) is 0 Å². The Morgan fingerprint density at radius 1 is 1.00 bits per heavy atom. The Morgan fingerprint density at radius 2 is 1.50 bits per heavy atom. The van der Waals surface area contributed by atoms with Gasteiger partial charge in [-0.2, -0.15) is 0 Å². The van der Waals surface area contributed by atoms with Crippen LogP contribution in [0.25, 0.3) is 0 Å². The van der Waals surface area contributed by atoms with Crippen molar-refractivity contribution in [2.45, 2.75) is 0 Å². The maximum absolute atomic E-state index is 3.31. The van der Waals surface area contributed by atoms with Crippen LogP contribution in [0.2, 0.25) is 0 Å². The molecule has 40 valence electrons. The zero-order valence-corrected chi connectivity index (χ0v) is 8.31. The molecule has 0 N–H and O–H groups in total. The molecular formula is C6H5BrZr. The zero-order valence-electron chi connectivity index (χ0n) is 4.26. The predicted octanol–water partition coefficient (Wildman–Crippen LogP) is 2.45. The fraction of sp³-hybridized carbons (Fsp3) is 0. The number of halogens is 1. The van der Waals surface area contributed by atoms with Crippen molar-refractivity contribution in [3.8, 4) is 0 Å². The van der Waals surface area contributed by atoms with E-state index in [-0.39, 0.29) is 26.2 Å². The molecule has 0 aliphatic carbocycles. The molecule has 0 radical (unpaired) electrons. The molecule has 1 aromatic rings. The summed E-state index contributed by atoms with van der Waals surface area (Å²) in [5, 5.41) is 0. The van der Waals surface area contributed by atoms with Crippen molar-refractivity contribution < 1.29 is 26.2 Å². The number of hydrogen-bond acceptors (Lipinski definition) is 0. The Labute approximate surface area is 76.5 Å². The first kappa shape index (κ1) is 8.58. The van der Waals surface area contributed by atoms with Crippen molar-refractivity contribution in [3.05, 3.63) is 34.8 Å². The van der Waals surface area contributed by atoms with Gasteiger partial charge in [-0.15, -0.1) is 0 Å². The summed E-state index contributed by atoms with van der Waals surface area (Å²) >= 11 is 3.31. The van der Waals surface area contributed by atoms with Crippen molar-refractivity contribution in [2.24, 2.45) is 0 Å². The molecule has 1 aromatic carbocycles. The van der Waals surface area contributed by atoms with Crippen LogP contribution in [0.15, 0.2) is 34.8 Å².